The van der Waals surface area contributed by atoms with Gasteiger partial charge in [-0.2, -0.15) is 0 Å². The molecule has 0 bridgehead atoms. The molecule has 0 saturated carbocycles. The molecule has 2 aromatic heterocycles. The van der Waals surface area contributed by atoms with Crippen molar-refractivity contribution in [2.45, 2.75) is 43.8 Å². The molecular formula is C17H25Cl2N5O2. The van der Waals surface area contributed by atoms with E-state index in [1.165, 1.54) is 0 Å². The summed E-state index contributed by atoms with van der Waals surface area (Å²) < 4.78 is 7.80. The maximum absolute atomic E-state index is 12.8. The van der Waals surface area contributed by atoms with Crippen molar-refractivity contribution in [3.63, 3.8) is 0 Å². The summed E-state index contributed by atoms with van der Waals surface area (Å²) in [6, 6.07) is 5.88. The number of carbonyl (C=O) groups excluding carboxylic acids is 1. The van der Waals surface area contributed by atoms with Crippen molar-refractivity contribution in [1.29, 1.82) is 0 Å². The summed E-state index contributed by atoms with van der Waals surface area (Å²) >= 11 is 0. The molecule has 0 radical (unpaired) electrons. The molecule has 9 heteroatoms. The fourth-order valence-electron chi connectivity index (χ4n) is 3.79. The van der Waals surface area contributed by atoms with E-state index in [0.717, 1.165) is 43.7 Å². The minimum atomic E-state index is -0.326. The van der Waals surface area contributed by atoms with Gasteiger partial charge in [0.05, 0.1) is 6.10 Å². The van der Waals surface area contributed by atoms with Gasteiger partial charge in [-0.3, -0.25) is 9.20 Å². The Labute approximate surface area is 165 Å². The van der Waals surface area contributed by atoms with Crippen LogP contribution in [-0.2, 0) is 9.53 Å². The third-order valence-corrected chi connectivity index (χ3v) is 5.08. The summed E-state index contributed by atoms with van der Waals surface area (Å²) in [6.07, 6.45) is 5.33. The largest absolute Gasteiger partial charge is 0.364 e. The minimum Gasteiger partial charge on any atom is -0.364 e. The lowest BCUT2D eigenvalue weighted by atomic mass is 9.96. The Balaban J connectivity index is 0.00000121. The maximum Gasteiger partial charge on any atom is 0.251 e. The van der Waals surface area contributed by atoms with Gasteiger partial charge in [-0.15, -0.1) is 35.0 Å². The smallest absolute Gasteiger partial charge is 0.251 e. The van der Waals surface area contributed by atoms with E-state index in [1.54, 1.807) is 0 Å². The molecule has 2 aromatic rings. The molecule has 26 heavy (non-hydrogen) atoms. The van der Waals surface area contributed by atoms with Crippen LogP contribution in [0.4, 0.5) is 0 Å². The molecule has 1 amide bonds. The first-order valence-corrected chi connectivity index (χ1v) is 8.70. The van der Waals surface area contributed by atoms with Crippen LogP contribution in [0.5, 0.6) is 0 Å². The van der Waals surface area contributed by atoms with Gasteiger partial charge in [-0.25, -0.2) is 0 Å². The van der Waals surface area contributed by atoms with Gasteiger partial charge in [0.25, 0.3) is 5.91 Å². The Morgan fingerprint density at radius 3 is 2.85 bits per heavy atom. The predicted molar refractivity (Wildman–Crippen MR) is 103 cm³/mol. The van der Waals surface area contributed by atoms with Gasteiger partial charge in [0.1, 0.15) is 11.9 Å². The van der Waals surface area contributed by atoms with Crippen LogP contribution in [0, 0.1) is 0 Å². The lowest BCUT2D eigenvalue weighted by Crippen LogP contribution is -2.45. The Bertz CT molecular complexity index is 741. The minimum absolute atomic E-state index is 0. The van der Waals surface area contributed by atoms with Crippen LogP contribution in [0.2, 0.25) is 0 Å². The Hall–Kier alpha value is -1.41. The van der Waals surface area contributed by atoms with Gasteiger partial charge in [0, 0.05) is 31.7 Å². The third kappa shape index (κ3) is 3.96. The summed E-state index contributed by atoms with van der Waals surface area (Å²) in [5.74, 6) is 1.26. The second kappa shape index (κ2) is 8.99. The molecule has 0 aromatic carbocycles. The van der Waals surface area contributed by atoms with Crippen LogP contribution in [0.1, 0.15) is 37.4 Å². The third-order valence-electron chi connectivity index (χ3n) is 5.08. The van der Waals surface area contributed by atoms with Crippen molar-refractivity contribution in [2.24, 2.45) is 5.73 Å². The van der Waals surface area contributed by atoms with Gasteiger partial charge >= 0.3 is 0 Å². The molecule has 0 spiro atoms. The number of amides is 1. The van der Waals surface area contributed by atoms with Crippen LogP contribution >= 0.6 is 24.8 Å². The quantitative estimate of drug-likeness (QED) is 0.846. The summed E-state index contributed by atoms with van der Waals surface area (Å²) in [4.78, 5) is 14.7. The molecule has 3 atom stereocenters. The summed E-state index contributed by atoms with van der Waals surface area (Å²) in [6.45, 7) is 1.96. The highest BCUT2D eigenvalue weighted by molar-refractivity contribution is 5.85. The molecule has 7 nitrogen and oxygen atoms in total. The number of piperidine rings is 1. The van der Waals surface area contributed by atoms with Crippen molar-refractivity contribution in [3.8, 4) is 0 Å². The van der Waals surface area contributed by atoms with Gasteiger partial charge in [-0.05, 0) is 37.8 Å². The van der Waals surface area contributed by atoms with Crippen molar-refractivity contribution in [1.82, 2.24) is 19.5 Å². The fourth-order valence-corrected chi connectivity index (χ4v) is 3.79. The number of fused-ring (bicyclic) bond motifs is 1. The number of aromatic nitrogens is 3. The van der Waals surface area contributed by atoms with Crippen molar-refractivity contribution < 1.29 is 9.53 Å². The average Bonchev–Trinajstić information content (AvgIpc) is 3.28. The summed E-state index contributed by atoms with van der Waals surface area (Å²) in [5, 5.41) is 8.60. The molecule has 2 aliphatic rings. The van der Waals surface area contributed by atoms with Crippen LogP contribution in [-0.4, -0.2) is 57.2 Å². The normalized spacial score (nSPS) is 25.6. The number of hydrogen-bond acceptors (Lipinski definition) is 5. The van der Waals surface area contributed by atoms with Crippen molar-refractivity contribution >= 4 is 36.4 Å². The van der Waals surface area contributed by atoms with Crippen LogP contribution < -0.4 is 5.73 Å². The number of rotatable bonds is 3. The van der Waals surface area contributed by atoms with E-state index in [-0.39, 0.29) is 48.8 Å². The van der Waals surface area contributed by atoms with E-state index in [9.17, 15) is 4.79 Å². The first-order chi connectivity index (χ1) is 11.8. The number of carbonyl (C=O) groups is 1. The number of pyridine rings is 1. The molecule has 4 heterocycles. The molecule has 1 unspecified atom stereocenters. The second-order valence-corrected chi connectivity index (χ2v) is 6.67. The molecule has 2 saturated heterocycles. The maximum atomic E-state index is 12.8. The Morgan fingerprint density at radius 1 is 1.23 bits per heavy atom. The highest BCUT2D eigenvalue weighted by atomic mass is 35.5. The zero-order valence-corrected chi connectivity index (χ0v) is 16.1. The average molecular weight is 402 g/mol. The van der Waals surface area contributed by atoms with Gasteiger partial charge < -0.3 is 15.4 Å². The Morgan fingerprint density at radius 2 is 2.08 bits per heavy atom. The summed E-state index contributed by atoms with van der Waals surface area (Å²) in [7, 11) is 0. The molecule has 4 rings (SSSR count). The zero-order chi connectivity index (χ0) is 16.5. The van der Waals surface area contributed by atoms with Crippen LogP contribution in [0.3, 0.4) is 0 Å². The highest BCUT2D eigenvalue weighted by Gasteiger charge is 2.35. The molecule has 2 fully saturated rings. The van der Waals surface area contributed by atoms with Crippen molar-refractivity contribution in [3.05, 3.63) is 30.2 Å². The fraction of sp³-hybridized carbons (Fsp3) is 0.588. The van der Waals surface area contributed by atoms with E-state index < -0.39 is 0 Å². The highest BCUT2D eigenvalue weighted by Crippen LogP contribution is 2.28. The predicted octanol–water partition coefficient (Wildman–Crippen LogP) is 1.79. The molecule has 2 N–H and O–H groups in total. The first-order valence-electron chi connectivity index (χ1n) is 8.70. The molecular weight excluding hydrogens is 377 g/mol. The second-order valence-electron chi connectivity index (χ2n) is 6.67. The lowest BCUT2D eigenvalue weighted by Gasteiger charge is -2.33. The van der Waals surface area contributed by atoms with Crippen LogP contribution in [0.25, 0.3) is 5.65 Å². The van der Waals surface area contributed by atoms with Gasteiger partial charge in [0.2, 0.25) is 0 Å². The van der Waals surface area contributed by atoms with E-state index in [4.69, 9.17) is 10.5 Å². The monoisotopic (exact) mass is 401 g/mol. The van der Waals surface area contributed by atoms with E-state index in [2.05, 4.69) is 10.2 Å². The summed E-state index contributed by atoms with van der Waals surface area (Å²) in [5.41, 5.74) is 6.49. The van der Waals surface area contributed by atoms with Crippen molar-refractivity contribution in [2.75, 3.05) is 19.6 Å². The molecule has 144 valence electrons. The zero-order valence-electron chi connectivity index (χ0n) is 14.5. The van der Waals surface area contributed by atoms with E-state index in [0.29, 0.717) is 13.1 Å². The number of likely N-dealkylation sites (tertiary alicyclic amines) is 1. The molecule has 0 aliphatic carbocycles. The van der Waals surface area contributed by atoms with Gasteiger partial charge in [0.15, 0.2) is 5.65 Å². The van der Waals surface area contributed by atoms with Crippen LogP contribution in [0.15, 0.2) is 24.4 Å². The number of hydrogen-bond donors (Lipinski definition) is 1. The first kappa shape index (κ1) is 20.9. The van der Waals surface area contributed by atoms with Gasteiger partial charge in [-0.1, -0.05) is 6.07 Å². The topological polar surface area (TPSA) is 85.8 Å². The number of halogens is 2. The van der Waals surface area contributed by atoms with E-state index >= 15 is 0 Å². The van der Waals surface area contributed by atoms with E-state index in [1.807, 2.05) is 33.7 Å². The lowest BCUT2D eigenvalue weighted by molar-refractivity contribution is -0.144. The standard InChI is InChI=1S/C17H23N5O2.2ClH/c18-10-13-6-7-14(24-13)17(23)21-8-3-4-12(11-21)16-20-19-15-5-1-2-9-22(15)16;;/h1-2,5,9,12-14H,3-4,6-8,10-11,18H2;2*1H/t12?,13-,14+;;/m1../s1. The Kier molecular flexibility index (Phi) is 7.23. The molecule has 2 aliphatic heterocycles. The number of ether oxygens (including phenoxy) is 1. The number of nitrogens with two attached hydrogens (primary N) is 1. The SMILES string of the molecule is Cl.Cl.NC[C@H]1CC[C@@H](C(=O)N2CCCC(c3nnc4ccccn34)C2)O1. The number of nitrogens with zero attached hydrogens (tertiary/aromatic N) is 4.